The van der Waals surface area contributed by atoms with E-state index in [0.717, 1.165) is 19.3 Å². The van der Waals surface area contributed by atoms with Crippen LogP contribution in [0.5, 0.6) is 0 Å². The van der Waals surface area contributed by atoms with Crippen LogP contribution in [0, 0.1) is 5.92 Å². The predicted molar refractivity (Wildman–Crippen MR) is 37.8 cm³/mol. The van der Waals surface area contributed by atoms with Crippen molar-refractivity contribution in [3.8, 4) is 0 Å². The van der Waals surface area contributed by atoms with Crippen molar-refractivity contribution in [3.63, 3.8) is 0 Å². The highest BCUT2D eigenvalue weighted by molar-refractivity contribution is 5.67. The molecule has 1 saturated heterocycles. The molecule has 3 nitrogen and oxygen atoms in total. The largest absolute Gasteiger partial charge is 0.550 e. The van der Waals surface area contributed by atoms with Gasteiger partial charge in [-0.05, 0) is 12.8 Å². The van der Waals surface area contributed by atoms with Crippen LogP contribution in [0.4, 0.5) is 0 Å². The second-order valence-electron chi connectivity index (χ2n) is 2.94. The number of hydrogen-bond acceptors (Lipinski definition) is 3. The van der Waals surface area contributed by atoms with Crippen molar-refractivity contribution in [3.05, 3.63) is 0 Å². The maximum Gasteiger partial charge on any atom is 0.0546 e. The number of ether oxygens (including phenoxy) is 1. The molecule has 1 fully saturated rings. The SMILES string of the molecule is O=C([O-])C1CCCCCOC1. The third-order valence-electron chi connectivity index (χ3n) is 1.99. The summed E-state index contributed by atoms with van der Waals surface area (Å²) in [5, 5.41) is 10.4. The van der Waals surface area contributed by atoms with E-state index in [0.29, 0.717) is 19.6 Å². The van der Waals surface area contributed by atoms with Gasteiger partial charge in [-0.25, -0.2) is 0 Å². The first-order chi connectivity index (χ1) is 5.30. The first-order valence-corrected chi connectivity index (χ1v) is 4.09. The monoisotopic (exact) mass is 157 g/mol. The molecule has 1 unspecified atom stereocenters. The molecule has 0 radical (unpaired) electrons. The zero-order chi connectivity index (χ0) is 8.10. The Morgan fingerprint density at radius 1 is 1.36 bits per heavy atom. The molecule has 1 atom stereocenters. The molecular weight excluding hydrogens is 144 g/mol. The molecule has 1 heterocycles. The second kappa shape index (κ2) is 4.34. The van der Waals surface area contributed by atoms with Crippen LogP contribution >= 0.6 is 0 Å². The van der Waals surface area contributed by atoms with Crippen molar-refractivity contribution in [1.82, 2.24) is 0 Å². The zero-order valence-electron chi connectivity index (χ0n) is 6.54. The molecule has 0 aromatic carbocycles. The highest BCUT2D eigenvalue weighted by Crippen LogP contribution is 2.13. The van der Waals surface area contributed by atoms with Crippen LogP contribution in [0.1, 0.15) is 25.7 Å². The lowest BCUT2D eigenvalue weighted by atomic mass is 10.0. The third-order valence-corrected chi connectivity index (χ3v) is 1.99. The summed E-state index contributed by atoms with van der Waals surface area (Å²) in [5.41, 5.74) is 0. The number of rotatable bonds is 1. The topological polar surface area (TPSA) is 49.4 Å². The molecule has 3 heteroatoms. The fourth-order valence-electron chi connectivity index (χ4n) is 1.27. The third kappa shape index (κ3) is 2.89. The number of carboxylic acids is 1. The Kier molecular flexibility index (Phi) is 3.36. The minimum absolute atomic E-state index is 0.336. The zero-order valence-corrected chi connectivity index (χ0v) is 6.54. The average molecular weight is 157 g/mol. The molecule has 64 valence electrons. The van der Waals surface area contributed by atoms with Crippen molar-refractivity contribution < 1.29 is 14.6 Å². The van der Waals surface area contributed by atoms with Crippen molar-refractivity contribution in [2.75, 3.05) is 13.2 Å². The van der Waals surface area contributed by atoms with Gasteiger partial charge in [0.25, 0.3) is 0 Å². The van der Waals surface area contributed by atoms with E-state index < -0.39 is 5.97 Å². The highest BCUT2D eigenvalue weighted by atomic mass is 16.5. The summed E-state index contributed by atoms with van der Waals surface area (Å²) >= 11 is 0. The minimum atomic E-state index is -0.966. The van der Waals surface area contributed by atoms with Gasteiger partial charge < -0.3 is 14.6 Å². The first kappa shape index (κ1) is 8.53. The van der Waals surface area contributed by atoms with E-state index in [-0.39, 0.29) is 5.92 Å². The van der Waals surface area contributed by atoms with Gasteiger partial charge in [-0.2, -0.15) is 0 Å². The van der Waals surface area contributed by atoms with E-state index in [1.54, 1.807) is 0 Å². The van der Waals surface area contributed by atoms with Crippen molar-refractivity contribution >= 4 is 5.97 Å². The second-order valence-corrected chi connectivity index (χ2v) is 2.94. The Morgan fingerprint density at radius 3 is 2.91 bits per heavy atom. The summed E-state index contributed by atoms with van der Waals surface area (Å²) in [6, 6.07) is 0. The molecule has 1 aliphatic rings. The number of hydrogen-bond donors (Lipinski definition) is 0. The Labute approximate surface area is 66.4 Å². The fraction of sp³-hybridized carbons (Fsp3) is 0.875. The van der Waals surface area contributed by atoms with Gasteiger partial charge in [-0.1, -0.05) is 12.8 Å². The van der Waals surface area contributed by atoms with E-state index in [2.05, 4.69) is 0 Å². The number of carboxylic acid groups (broad SMARTS) is 1. The Balaban J connectivity index is 2.32. The van der Waals surface area contributed by atoms with Gasteiger partial charge in [0.15, 0.2) is 0 Å². The average Bonchev–Trinajstić information content (AvgIpc) is 1.84. The molecule has 0 spiro atoms. The Morgan fingerprint density at radius 2 is 2.18 bits per heavy atom. The van der Waals surface area contributed by atoms with Crippen LogP contribution in [0.2, 0.25) is 0 Å². The molecule has 0 bridgehead atoms. The van der Waals surface area contributed by atoms with Crippen LogP contribution in [-0.4, -0.2) is 19.2 Å². The summed E-state index contributed by atoms with van der Waals surface area (Å²) < 4.78 is 5.13. The summed E-state index contributed by atoms with van der Waals surface area (Å²) in [7, 11) is 0. The molecule has 0 saturated carbocycles. The van der Waals surface area contributed by atoms with Gasteiger partial charge in [-0.3, -0.25) is 0 Å². The number of aliphatic carboxylic acids is 1. The van der Waals surface area contributed by atoms with E-state index in [1.165, 1.54) is 0 Å². The summed E-state index contributed by atoms with van der Waals surface area (Å²) in [6.45, 7) is 1.03. The van der Waals surface area contributed by atoms with Crippen molar-refractivity contribution in [2.24, 2.45) is 5.92 Å². The number of carbonyl (C=O) groups is 1. The Bertz CT molecular complexity index is 125. The van der Waals surface area contributed by atoms with E-state index in [4.69, 9.17) is 4.74 Å². The fourth-order valence-corrected chi connectivity index (χ4v) is 1.27. The van der Waals surface area contributed by atoms with Gasteiger partial charge in [0.05, 0.1) is 6.61 Å². The quantitative estimate of drug-likeness (QED) is 0.536. The normalized spacial score (nSPS) is 27.1. The molecule has 0 N–H and O–H groups in total. The van der Waals surface area contributed by atoms with E-state index in [1.807, 2.05) is 0 Å². The molecule has 0 amide bonds. The highest BCUT2D eigenvalue weighted by Gasteiger charge is 2.11. The standard InChI is InChI=1S/C8H14O3/c9-8(10)7-4-2-1-3-5-11-6-7/h7H,1-6H2,(H,9,10)/p-1. The van der Waals surface area contributed by atoms with Crippen LogP contribution in [-0.2, 0) is 9.53 Å². The molecule has 0 aliphatic carbocycles. The summed E-state index contributed by atoms with van der Waals surface area (Å²) in [4.78, 5) is 10.4. The summed E-state index contributed by atoms with van der Waals surface area (Å²) in [5.74, 6) is -1.35. The van der Waals surface area contributed by atoms with E-state index >= 15 is 0 Å². The molecule has 1 rings (SSSR count). The van der Waals surface area contributed by atoms with Gasteiger partial charge in [-0.15, -0.1) is 0 Å². The molecule has 0 aromatic rings. The van der Waals surface area contributed by atoms with E-state index in [9.17, 15) is 9.90 Å². The molecular formula is C8H13O3-. The van der Waals surface area contributed by atoms with Gasteiger partial charge in [0.1, 0.15) is 0 Å². The summed E-state index contributed by atoms with van der Waals surface area (Å²) in [6.07, 6.45) is 3.83. The number of carbonyl (C=O) groups excluding carboxylic acids is 1. The maximum absolute atomic E-state index is 10.4. The van der Waals surface area contributed by atoms with Crippen molar-refractivity contribution in [1.29, 1.82) is 0 Å². The Hall–Kier alpha value is -0.570. The first-order valence-electron chi connectivity index (χ1n) is 4.09. The van der Waals surface area contributed by atoms with Gasteiger partial charge in [0.2, 0.25) is 0 Å². The van der Waals surface area contributed by atoms with Crippen LogP contribution in [0.25, 0.3) is 0 Å². The van der Waals surface area contributed by atoms with Crippen LogP contribution in [0.3, 0.4) is 0 Å². The molecule has 1 aliphatic heterocycles. The molecule has 11 heavy (non-hydrogen) atoms. The van der Waals surface area contributed by atoms with Crippen LogP contribution in [0.15, 0.2) is 0 Å². The lowest BCUT2D eigenvalue weighted by Crippen LogP contribution is -2.34. The van der Waals surface area contributed by atoms with Crippen molar-refractivity contribution in [2.45, 2.75) is 25.7 Å². The smallest absolute Gasteiger partial charge is 0.0546 e. The van der Waals surface area contributed by atoms with Gasteiger partial charge >= 0.3 is 0 Å². The van der Waals surface area contributed by atoms with Crippen LogP contribution < -0.4 is 5.11 Å². The van der Waals surface area contributed by atoms with Gasteiger partial charge in [0, 0.05) is 18.5 Å². The molecule has 0 aromatic heterocycles. The lowest BCUT2D eigenvalue weighted by Gasteiger charge is -2.20. The maximum atomic E-state index is 10.4. The lowest BCUT2D eigenvalue weighted by molar-refractivity contribution is -0.313. The predicted octanol–water partition coefficient (Wildman–Crippen LogP) is -0.0569. The minimum Gasteiger partial charge on any atom is -0.550 e.